The molecule has 0 aliphatic rings. The largest absolute Gasteiger partial charge is 0.277 e. The lowest BCUT2D eigenvalue weighted by Crippen LogP contribution is -2.28. The zero-order valence-corrected chi connectivity index (χ0v) is 8.65. The van der Waals surface area contributed by atoms with Crippen LogP contribution < -0.4 is 10.9 Å². The molecule has 0 fully saturated rings. The molecular weight excluding hydrogens is 210 g/mol. The predicted molar refractivity (Wildman–Crippen MR) is 60.3 cm³/mol. The molecule has 0 bridgehead atoms. The van der Waals surface area contributed by atoms with Crippen molar-refractivity contribution in [3.63, 3.8) is 0 Å². The molecule has 2 aromatic rings. The second kappa shape index (κ2) is 4.20. The summed E-state index contributed by atoms with van der Waals surface area (Å²) in [5.74, 6) is 5.41. The maximum Gasteiger partial charge on any atom is 0.228 e. The molecular formula is C10H9N3OS. The molecule has 1 aromatic carbocycles. The van der Waals surface area contributed by atoms with Crippen molar-refractivity contribution in [3.05, 3.63) is 35.2 Å². The molecule has 1 heterocycles. The molecule has 0 saturated heterocycles. The van der Waals surface area contributed by atoms with E-state index in [1.807, 2.05) is 17.5 Å². The number of aromatic nitrogens is 1. The molecule has 15 heavy (non-hydrogen) atoms. The van der Waals surface area contributed by atoms with E-state index in [0.717, 1.165) is 16.3 Å². The van der Waals surface area contributed by atoms with Gasteiger partial charge in [-0.25, -0.2) is 10.8 Å². The van der Waals surface area contributed by atoms with Crippen molar-refractivity contribution >= 4 is 23.4 Å². The highest BCUT2D eigenvalue weighted by molar-refractivity contribution is 7.07. The number of nitrogens with two attached hydrogens (primary N) is 1. The van der Waals surface area contributed by atoms with Crippen LogP contribution in [0.25, 0.3) is 11.3 Å². The smallest absolute Gasteiger partial charge is 0.228 e. The molecule has 2 N–H and O–H groups in total. The normalized spacial score (nSPS) is 9.93. The number of hydrogen-bond acceptors (Lipinski definition) is 4. The summed E-state index contributed by atoms with van der Waals surface area (Å²) in [6, 6.07) is 7.33. The lowest BCUT2D eigenvalue weighted by Gasteiger charge is -2.09. The summed E-state index contributed by atoms with van der Waals surface area (Å²) in [7, 11) is 0. The third-order valence-corrected chi connectivity index (χ3v) is 2.59. The second-order valence-corrected chi connectivity index (χ2v) is 3.65. The van der Waals surface area contributed by atoms with Gasteiger partial charge in [0.05, 0.1) is 16.9 Å². The third-order valence-electron chi connectivity index (χ3n) is 2.01. The monoisotopic (exact) mass is 219 g/mol. The molecule has 1 amide bonds. The molecule has 0 atom stereocenters. The lowest BCUT2D eigenvalue weighted by atomic mass is 10.1. The summed E-state index contributed by atoms with van der Waals surface area (Å²) in [5, 5.41) is 3.00. The Kier molecular flexibility index (Phi) is 2.75. The summed E-state index contributed by atoms with van der Waals surface area (Å²) in [5.41, 5.74) is 4.38. The van der Waals surface area contributed by atoms with Gasteiger partial charge in [0.25, 0.3) is 0 Å². The van der Waals surface area contributed by atoms with Crippen molar-refractivity contribution < 1.29 is 4.79 Å². The minimum atomic E-state index is 0.567. The number of nitrogens with zero attached hydrogens (tertiary/aromatic N) is 2. The Balaban J connectivity index is 2.28. The Morgan fingerprint density at radius 1 is 1.33 bits per heavy atom. The quantitative estimate of drug-likeness (QED) is 0.369. The average Bonchev–Trinajstić information content (AvgIpc) is 2.82. The van der Waals surface area contributed by atoms with E-state index in [-0.39, 0.29) is 0 Å². The van der Waals surface area contributed by atoms with Crippen molar-refractivity contribution in [1.29, 1.82) is 0 Å². The van der Waals surface area contributed by atoms with E-state index < -0.39 is 0 Å². The van der Waals surface area contributed by atoms with Gasteiger partial charge in [0, 0.05) is 10.9 Å². The number of thiazole rings is 1. The summed E-state index contributed by atoms with van der Waals surface area (Å²) in [4.78, 5) is 14.6. The zero-order chi connectivity index (χ0) is 10.7. The second-order valence-electron chi connectivity index (χ2n) is 2.93. The molecule has 0 aliphatic heterocycles. The average molecular weight is 219 g/mol. The van der Waals surface area contributed by atoms with Gasteiger partial charge < -0.3 is 0 Å². The summed E-state index contributed by atoms with van der Waals surface area (Å²) in [6.45, 7) is 0. The van der Waals surface area contributed by atoms with Gasteiger partial charge in [0.1, 0.15) is 0 Å². The highest BCUT2D eigenvalue weighted by atomic mass is 32.1. The van der Waals surface area contributed by atoms with Gasteiger partial charge in [-0.2, -0.15) is 0 Å². The fourth-order valence-electron chi connectivity index (χ4n) is 1.22. The minimum Gasteiger partial charge on any atom is -0.277 e. The first-order valence-corrected chi connectivity index (χ1v) is 5.23. The van der Waals surface area contributed by atoms with Crippen LogP contribution in [0.2, 0.25) is 0 Å². The Bertz CT molecular complexity index is 438. The zero-order valence-electron chi connectivity index (χ0n) is 7.83. The van der Waals surface area contributed by atoms with Gasteiger partial charge in [0.15, 0.2) is 0 Å². The summed E-state index contributed by atoms with van der Waals surface area (Å²) >= 11 is 1.55. The van der Waals surface area contributed by atoms with Crippen molar-refractivity contribution in [3.8, 4) is 11.3 Å². The van der Waals surface area contributed by atoms with E-state index in [0.29, 0.717) is 12.1 Å². The first-order chi connectivity index (χ1) is 7.31. The van der Waals surface area contributed by atoms with Crippen molar-refractivity contribution in [2.45, 2.75) is 0 Å². The number of benzene rings is 1. The summed E-state index contributed by atoms with van der Waals surface area (Å²) in [6.07, 6.45) is 0.567. The van der Waals surface area contributed by atoms with E-state index in [1.54, 1.807) is 29.0 Å². The predicted octanol–water partition coefficient (Wildman–Crippen LogP) is 1.65. The number of anilines is 1. The van der Waals surface area contributed by atoms with Gasteiger partial charge in [-0.1, -0.05) is 12.1 Å². The maximum atomic E-state index is 10.4. The van der Waals surface area contributed by atoms with Crippen LogP contribution >= 0.6 is 11.3 Å². The van der Waals surface area contributed by atoms with E-state index in [1.165, 1.54) is 0 Å². The highest BCUT2D eigenvalue weighted by Crippen LogP contribution is 2.21. The number of rotatable bonds is 3. The van der Waals surface area contributed by atoms with Gasteiger partial charge in [-0.15, -0.1) is 11.3 Å². The number of hydrogen-bond donors (Lipinski definition) is 1. The van der Waals surface area contributed by atoms with Crippen LogP contribution in [0.5, 0.6) is 0 Å². The molecule has 4 nitrogen and oxygen atoms in total. The van der Waals surface area contributed by atoms with Crippen LogP contribution in [0.1, 0.15) is 0 Å². The molecule has 5 heteroatoms. The van der Waals surface area contributed by atoms with Crippen LogP contribution in [0.3, 0.4) is 0 Å². The highest BCUT2D eigenvalue weighted by Gasteiger charge is 2.02. The Morgan fingerprint density at radius 3 is 2.60 bits per heavy atom. The molecule has 0 saturated carbocycles. The molecule has 0 aliphatic carbocycles. The number of carbonyl (C=O) groups excluding carboxylic acids is 1. The summed E-state index contributed by atoms with van der Waals surface area (Å²) < 4.78 is 0. The number of hydrazine groups is 1. The van der Waals surface area contributed by atoms with Crippen LogP contribution in [0, 0.1) is 0 Å². The van der Waals surface area contributed by atoms with E-state index in [2.05, 4.69) is 4.98 Å². The molecule has 0 spiro atoms. The first kappa shape index (κ1) is 9.82. The Labute approximate surface area is 90.9 Å². The third kappa shape index (κ3) is 2.03. The van der Waals surface area contributed by atoms with Crippen LogP contribution in [0.15, 0.2) is 35.2 Å². The maximum absolute atomic E-state index is 10.4. The topological polar surface area (TPSA) is 59.2 Å². The van der Waals surface area contributed by atoms with Crippen LogP contribution in [-0.2, 0) is 4.79 Å². The first-order valence-electron chi connectivity index (χ1n) is 4.29. The molecule has 76 valence electrons. The van der Waals surface area contributed by atoms with Crippen molar-refractivity contribution in [1.82, 2.24) is 4.98 Å². The van der Waals surface area contributed by atoms with E-state index in [4.69, 9.17) is 5.84 Å². The number of carbonyl (C=O) groups is 1. The molecule has 0 unspecified atom stereocenters. The molecule has 2 rings (SSSR count). The van der Waals surface area contributed by atoms with Crippen molar-refractivity contribution in [2.24, 2.45) is 5.84 Å². The fourth-order valence-corrected chi connectivity index (χ4v) is 1.78. The van der Waals surface area contributed by atoms with E-state index in [9.17, 15) is 4.79 Å². The van der Waals surface area contributed by atoms with Gasteiger partial charge in [0.2, 0.25) is 6.41 Å². The van der Waals surface area contributed by atoms with Gasteiger partial charge in [-0.3, -0.25) is 9.80 Å². The number of amides is 1. The Morgan fingerprint density at radius 2 is 2.07 bits per heavy atom. The van der Waals surface area contributed by atoms with Gasteiger partial charge >= 0.3 is 0 Å². The van der Waals surface area contributed by atoms with E-state index >= 15 is 0 Å². The minimum absolute atomic E-state index is 0.567. The van der Waals surface area contributed by atoms with Crippen molar-refractivity contribution in [2.75, 3.05) is 5.01 Å². The lowest BCUT2D eigenvalue weighted by molar-refractivity contribution is -0.107. The molecule has 1 aromatic heterocycles. The standard InChI is InChI=1S/C10H9N3OS/c11-13(7-14)9-3-1-8(2-4-9)10-5-15-6-12-10/h1-7H,11H2. The van der Waals surface area contributed by atoms with Gasteiger partial charge in [-0.05, 0) is 12.1 Å². The van der Waals surface area contributed by atoms with Crippen LogP contribution in [0.4, 0.5) is 5.69 Å². The Hall–Kier alpha value is -1.72. The SMILES string of the molecule is NN(C=O)c1ccc(-c2cscn2)cc1. The molecule has 0 radical (unpaired) electrons. The van der Waals surface area contributed by atoms with Crippen LogP contribution in [-0.4, -0.2) is 11.4 Å². The fraction of sp³-hybridized carbons (Fsp3) is 0.